The highest BCUT2D eigenvalue weighted by Crippen LogP contribution is 2.21. The smallest absolute Gasteiger partial charge is 0.251 e. The zero-order valence-corrected chi connectivity index (χ0v) is 12.7. The number of rotatable bonds is 10. The Morgan fingerprint density at radius 2 is 2.00 bits per heavy atom. The van der Waals surface area contributed by atoms with Crippen LogP contribution in [0.4, 0.5) is 5.69 Å². The molecule has 0 bridgehead atoms. The second-order valence-electron chi connectivity index (χ2n) is 4.52. The molecule has 0 aliphatic heterocycles. The molecule has 21 heavy (non-hydrogen) atoms. The third-order valence-electron chi connectivity index (χ3n) is 2.92. The van der Waals surface area contributed by atoms with Crippen molar-refractivity contribution in [2.45, 2.75) is 12.8 Å². The first kappa shape index (κ1) is 17.3. The van der Waals surface area contributed by atoms with Crippen LogP contribution in [0.5, 0.6) is 5.75 Å². The summed E-state index contributed by atoms with van der Waals surface area (Å²) in [5.74, 6) is 0.435. The number of benzene rings is 1. The van der Waals surface area contributed by atoms with E-state index < -0.39 is 0 Å². The Morgan fingerprint density at radius 3 is 2.67 bits per heavy atom. The molecule has 1 aromatic carbocycles. The highest BCUT2D eigenvalue weighted by molar-refractivity contribution is 5.95. The molecule has 6 heteroatoms. The molecule has 0 atom stereocenters. The maximum absolute atomic E-state index is 11.9. The molecular formula is C15H24N2O4. The van der Waals surface area contributed by atoms with E-state index in [1.165, 1.54) is 0 Å². The summed E-state index contributed by atoms with van der Waals surface area (Å²) in [5.41, 5.74) is 6.76. The van der Waals surface area contributed by atoms with E-state index >= 15 is 0 Å². The van der Waals surface area contributed by atoms with Crippen LogP contribution in [0.15, 0.2) is 18.2 Å². The van der Waals surface area contributed by atoms with Crippen LogP contribution in [-0.2, 0) is 9.47 Å². The largest absolute Gasteiger partial charge is 0.495 e. The Bertz CT molecular complexity index is 438. The second kappa shape index (κ2) is 10.0. The third kappa shape index (κ3) is 6.46. The lowest BCUT2D eigenvalue weighted by atomic mass is 10.1. The van der Waals surface area contributed by atoms with Crippen molar-refractivity contribution < 1.29 is 19.0 Å². The van der Waals surface area contributed by atoms with Gasteiger partial charge < -0.3 is 25.3 Å². The van der Waals surface area contributed by atoms with Crippen molar-refractivity contribution in [3.8, 4) is 5.75 Å². The minimum Gasteiger partial charge on any atom is -0.495 e. The number of anilines is 1. The molecule has 1 aromatic rings. The number of hydrogen-bond acceptors (Lipinski definition) is 5. The fourth-order valence-electron chi connectivity index (χ4n) is 1.75. The number of nitrogens with two attached hydrogens (primary N) is 1. The minimum absolute atomic E-state index is 0.135. The van der Waals surface area contributed by atoms with Gasteiger partial charge in [0.2, 0.25) is 0 Å². The molecule has 0 saturated carbocycles. The van der Waals surface area contributed by atoms with E-state index in [9.17, 15) is 4.79 Å². The Kier molecular flexibility index (Phi) is 8.23. The molecule has 0 aromatic heterocycles. The van der Waals surface area contributed by atoms with Gasteiger partial charge in [-0.1, -0.05) is 0 Å². The number of amides is 1. The first-order valence-electron chi connectivity index (χ1n) is 6.97. The molecule has 0 unspecified atom stereocenters. The number of nitrogens with one attached hydrogen (secondary N) is 1. The fraction of sp³-hybridized carbons (Fsp3) is 0.533. The Balaban J connectivity index is 2.20. The lowest BCUT2D eigenvalue weighted by Gasteiger charge is -2.08. The van der Waals surface area contributed by atoms with E-state index in [4.69, 9.17) is 19.9 Å². The van der Waals surface area contributed by atoms with Crippen molar-refractivity contribution in [3.05, 3.63) is 23.8 Å². The van der Waals surface area contributed by atoms with Gasteiger partial charge in [0.25, 0.3) is 5.91 Å². The summed E-state index contributed by atoms with van der Waals surface area (Å²) < 4.78 is 15.3. The van der Waals surface area contributed by atoms with Gasteiger partial charge in [0.15, 0.2) is 0 Å². The summed E-state index contributed by atoms with van der Waals surface area (Å²) in [6, 6.07) is 4.99. The summed E-state index contributed by atoms with van der Waals surface area (Å²) in [5, 5.41) is 2.85. The summed E-state index contributed by atoms with van der Waals surface area (Å²) in [7, 11) is 3.19. The van der Waals surface area contributed by atoms with Gasteiger partial charge in [-0.15, -0.1) is 0 Å². The maximum Gasteiger partial charge on any atom is 0.251 e. The zero-order chi connectivity index (χ0) is 15.5. The minimum atomic E-state index is -0.135. The van der Waals surface area contributed by atoms with Crippen LogP contribution in [0, 0.1) is 0 Å². The van der Waals surface area contributed by atoms with Gasteiger partial charge in [-0.2, -0.15) is 0 Å². The molecule has 118 valence electrons. The normalized spacial score (nSPS) is 10.4. The van der Waals surface area contributed by atoms with Gasteiger partial charge in [0, 0.05) is 25.8 Å². The molecule has 1 rings (SSSR count). The van der Waals surface area contributed by atoms with Crippen LogP contribution >= 0.6 is 0 Å². The van der Waals surface area contributed by atoms with E-state index in [1.807, 2.05) is 0 Å². The van der Waals surface area contributed by atoms with E-state index in [1.54, 1.807) is 32.4 Å². The summed E-state index contributed by atoms with van der Waals surface area (Å²) in [6.45, 7) is 2.50. The summed E-state index contributed by atoms with van der Waals surface area (Å²) in [4.78, 5) is 11.9. The molecule has 0 spiro atoms. The Morgan fingerprint density at radius 1 is 1.19 bits per heavy atom. The predicted octanol–water partition coefficient (Wildman–Crippen LogP) is 1.45. The zero-order valence-electron chi connectivity index (χ0n) is 12.7. The lowest BCUT2D eigenvalue weighted by molar-refractivity contribution is 0.0686. The first-order chi connectivity index (χ1) is 10.2. The van der Waals surface area contributed by atoms with Crippen LogP contribution in [0.3, 0.4) is 0 Å². The van der Waals surface area contributed by atoms with Crippen LogP contribution in [0.1, 0.15) is 23.2 Å². The number of ether oxygens (including phenoxy) is 3. The molecule has 6 nitrogen and oxygen atoms in total. The van der Waals surface area contributed by atoms with Gasteiger partial charge in [-0.25, -0.2) is 0 Å². The summed E-state index contributed by atoms with van der Waals surface area (Å²) in [6.07, 6.45) is 1.76. The molecule has 0 aliphatic rings. The van der Waals surface area contributed by atoms with Crippen molar-refractivity contribution in [2.75, 3.05) is 46.3 Å². The molecule has 0 saturated heterocycles. The first-order valence-corrected chi connectivity index (χ1v) is 6.97. The third-order valence-corrected chi connectivity index (χ3v) is 2.92. The molecular weight excluding hydrogens is 272 g/mol. The average molecular weight is 296 g/mol. The average Bonchev–Trinajstić information content (AvgIpc) is 2.49. The topological polar surface area (TPSA) is 82.8 Å². The van der Waals surface area contributed by atoms with Crippen molar-refractivity contribution in [1.29, 1.82) is 0 Å². The number of hydrogen-bond donors (Lipinski definition) is 2. The van der Waals surface area contributed by atoms with E-state index in [2.05, 4.69) is 5.32 Å². The van der Waals surface area contributed by atoms with Crippen molar-refractivity contribution in [2.24, 2.45) is 0 Å². The molecule has 0 heterocycles. The van der Waals surface area contributed by atoms with Gasteiger partial charge in [0.05, 0.1) is 26.0 Å². The SMILES string of the molecule is COCCOCCCCNC(=O)c1ccc(OC)c(N)c1. The summed E-state index contributed by atoms with van der Waals surface area (Å²) >= 11 is 0. The number of nitrogen functional groups attached to an aromatic ring is 1. The van der Waals surface area contributed by atoms with E-state index in [0.717, 1.165) is 12.8 Å². The number of carbonyl (C=O) groups is 1. The van der Waals surface area contributed by atoms with Crippen LogP contribution in [0.25, 0.3) is 0 Å². The van der Waals surface area contributed by atoms with Gasteiger partial charge >= 0.3 is 0 Å². The highest BCUT2D eigenvalue weighted by atomic mass is 16.5. The molecule has 1 amide bonds. The van der Waals surface area contributed by atoms with Crippen molar-refractivity contribution >= 4 is 11.6 Å². The number of unbranched alkanes of at least 4 members (excludes halogenated alkanes) is 1. The monoisotopic (exact) mass is 296 g/mol. The van der Waals surface area contributed by atoms with E-state index in [-0.39, 0.29) is 5.91 Å². The molecule has 0 radical (unpaired) electrons. The maximum atomic E-state index is 11.9. The Hall–Kier alpha value is -1.79. The van der Waals surface area contributed by atoms with Crippen molar-refractivity contribution in [1.82, 2.24) is 5.32 Å². The predicted molar refractivity (Wildman–Crippen MR) is 81.7 cm³/mol. The Labute approximate surface area is 125 Å². The molecule has 0 aliphatic carbocycles. The highest BCUT2D eigenvalue weighted by Gasteiger charge is 2.07. The van der Waals surface area contributed by atoms with Crippen LogP contribution < -0.4 is 15.8 Å². The van der Waals surface area contributed by atoms with Gasteiger partial charge in [-0.05, 0) is 31.0 Å². The quantitative estimate of drug-likeness (QED) is 0.504. The van der Waals surface area contributed by atoms with E-state index in [0.29, 0.717) is 43.4 Å². The molecule has 3 N–H and O–H groups in total. The standard InChI is InChI=1S/C15H24N2O4/c1-19-9-10-21-8-4-3-7-17-15(18)12-5-6-14(20-2)13(16)11-12/h5-6,11H,3-4,7-10,16H2,1-2H3,(H,17,18). The van der Waals surface area contributed by atoms with Crippen LogP contribution in [-0.4, -0.2) is 46.5 Å². The van der Waals surface area contributed by atoms with Gasteiger partial charge in [-0.3, -0.25) is 4.79 Å². The van der Waals surface area contributed by atoms with Crippen LogP contribution in [0.2, 0.25) is 0 Å². The second-order valence-corrected chi connectivity index (χ2v) is 4.52. The lowest BCUT2D eigenvalue weighted by Crippen LogP contribution is -2.24. The molecule has 0 fully saturated rings. The van der Waals surface area contributed by atoms with Gasteiger partial charge in [0.1, 0.15) is 5.75 Å². The fourth-order valence-corrected chi connectivity index (χ4v) is 1.75. The van der Waals surface area contributed by atoms with Crippen molar-refractivity contribution in [3.63, 3.8) is 0 Å². The number of methoxy groups -OCH3 is 2. The number of carbonyl (C=O) groups excluding carboxylic acids is 1.